The Labute approximate surface area is 109 Å². The molecule has 0 amide bonds. The molecule has 2 rings (SSSR count). The van der Waals surface area contributed by atoms with E-state index in [1.165, 1.54) is 32.1 Å². The zero-order valence-electron chi connectivity index (χ0n) is 11.1. The second-order valence-electron chi connectivity index (χ2n) is 4.98. The lowest BCUT2D eigenvalue weighted by Crippen LogP contribution is -2.05. The molecule has 0 bridgehead atoms. The average molecular weight is 246 g/mol. The van der Waals surface area contributed by atoms with Gasteiger partial charge in [0.1, 0.15) is 5.75 Å². The lowest BCUT2D eigenvalue weighted by molar-refractivity contribution is 0.347. The predicted octanol–water partition coefficient (Wildman–Crippen LogP) is 3.65. The van der Waals surface area contributed by atoms with Crippen molar-refractivity contribution in [3.63, 3.8) is 0 Å². The molecule has 0 saturated heterocycles. The van der Waals surface area contributed by atoms with E-state index in [0.717, 1.165) is 16.9 Å². The minimum Gasteiger partial charge on any atom is -0.497 e. The maximum atomic E-state index is 9.54. The zero-order chi connectivity index (χ0) is 12.8. The third kappa shape index (κ3) is 3.36. The summed E-state index contributed by atoms with van der Waals surface area (Å²) in [4.78, 5) is 0. The SMILES string of the molecule is COc1ccc(/C(=C\C2CCCCC2)CO)cc1. The van der Waals surface area contributed by atoms with Crippen molar-refractivity contribution in [3.8, 4) is 5.75 Å². The maximum Gasteiger partial charge on any atom is 0.118 e. The fourth-order valence-electron chi connectivity index (χ4n) is 2.63. The molecule has 1 aromatic rings. The van der Waals surface area contributed by atoms with Crippen LogP contribution in [0.5, 0.6) is 5.75 Å². The number of hydrogen-bond acceptors (Lipinski definition) is 2. The van der Waals surface area contributed by atoms with Crippen LogP contribution in [0.4, 0.5) is 0 Å². The zero-order valence-corrected chi connectivity index (χ0v) is 11.1. The molecule has 0 radical (unpaired) electrons. The highest BCUT2D eigenvalue weighted by Crippen LogP contribution is 2.28. The molecule has 98 valence electrons. The third-order valence-corrected chi connectivity index (χ3v) is 3.72. The van der Waals surface area contributed by atoms with E-state index in [-0.39, 0.29) is 6.61 Å². The lowest BCUT2D eigenvalue weighted by Gasteiger charge is -2.19. The monoisotopic (exact) mass is 246 g/mol. The summed E-state index contributed by atoms with van der Waals surface area (Å²) < 4.78 is 5.15. The Morgan fingerprint density at radius 3 is 2.44 bits per heavy atom. The molecule has 1 saturated carbocycles. The fraction of sp³-hybridized carbons (Fsp3) is 0.500. The average Bonchev–Trinajstić information content (AvgIpc) is 2.46. The van der Waals surface area contributed by atoms with Crippen LogP contribution >= 0.6 is 0 Å². The van der Waals surface area contributed by atoms with Gasteiger partial charge in [0.25, 0.3) is 0 Å². The number of allylic oxidation sites excluding steroid dienone is 1. The second-order valence-corrected chi connectivity index (χ2v) is 4.98. The normalized spacial score (nSPS) is 17.8. The predicted molar refractivity (Wildman–Crippen MR) is 74.6 cm³/mol. The van der Waals surface area contributed by atoms with Crippen LogP contribution in [0.3, 0.4) is 0 Å². The smallest absolute Gasteiger partial charge is 0.118 e. The summed E-state index contributed by atoms with van der Waals surface area (Å²) in [5.41, 5.74) is 2.15. The standard InChI is InChI=1S/C16H22O2/c1-18-16-9-7-14(8-10-16)15(12-17)11-13-5-3-2-4-6-13/h7-11,13,17H,2-6,12H2,1H3/b15-11-. The van der Waals surface area contributed by atoms with Crippen LogP contribution in [0.2, 0.25) is 0 Å². The van der Waals surface area contributed by atoms with E-state index in [1.807, 2.05) is 24.3 Å². The first-order valence-corrected chi connectivity index (χ1v) is 6.79. The molecule has 0 aliphatic heterocycles. The van der Waals surface area contributed by atoms with Crippen molar-refractivity contribution in [2.24, 2.45) is 5.92 Å². The molecule has 0 spiro atoms. The Hall–Kier alpha value is -1.28. The van der Waals surface area contributed by atoms with Crippen molar-refractivity contribution in [2.75, 3.05) is 13.7 Å². The van der Waals surface area contributed by atoms with E-state index < -0.39 is 0 Å². The summed E-state index contributed by atoms with van der Waals surface area (Å²) >= 11 is 0. The first kappa shape index (κ1) is 13.2. The van der Waals surface area contributed by atoms with Gasteiger partial charge < -0.3 is 9.84 Å². The number of ether oxygens (including phenoxy) is 1. The highest BCUT2D eigenvalue weighted by molar-refractivity contribution is 5.66. The van der Waals surface area contributed by atoms with E-state index in [1.54, 1.807) is 7.11 Å². The number of hydrogen-bond donors (Lipinski definition) is 1. The van der Waals surface area contributed by atoms with Gasteiger partial charge in [-0.1, -0.05) is 37.5 Å². The van der Waals surface area contributed by atoms with Gasteiger partial charge in [0.15, 0.2) is 0 Å². The molecule has 1 fully saturated rings. The molecule has 0 unspecified atom stereocenters. The van der Waals surface area contributed by atoms with Crippen LogP contribution in [0.1, 0.15) is 37.7 Å². The summed E-state index contributed by atoms with van der Waals surface area (Å²) in [5.74, 6) is 1.50. The van der Waals surface area contributed by atoms with E-state index in [4.69, 9.17) is 4.74 Å². The van der Waals surface area contributed by atoms with Gasteiger partial charge in [-0.05, 0) is 42.0 Å². The lowest BCUT2D eigenvalue weighted by atomic mass is 9.87. The van der Waals surface area contributed by atoms with E-state index >= 15 is 0 Å². The summed E-state index contributed by atoms with van der Waals surface area (Å²) in [5, 5.41) is 9.54. The molecule has 1 aliphatic carbocycles. The summed E-state index contributed by atoms with van der Waals surface area (Å²) in [6.45, 7) is 0.114. The molecule has 0 heterocycles. The number of aliphatic hydroxyl groups excluding tert-OH is 1. The third-order valence-electron chi connectivity index (χ3n) is 3.72. The van der Waals surface area contributed by atoms with Crippen molar-refractivity contribution in [1.82, 2.24) is 0 Å². The Bertz CT molecular complexity index is 386. The molecule has 1 aliphatic rings. The first-order valence-electron chi connectivity index (χ1n) is 6.79. The van der Waals surface area contributed by atoms with Gasteiger partial charge in [-0.15, -0.1) is 0 Å². The van der Waals surface area contributed by atoms with Crippen LogP contribution in [0.15, 0.2) is 30.3 Å². The highest BCUT2D eigenvalue weighted by atomic mass is 16.5. The van der Waals surface area contributed by atoms with Gasteiger partial charge >= 0.3 is 0 Å². The van der Waals surface area contributed by atoms with E-state index in [9.17, 15) is 5.11 Å². The number of rotatable bonds is 4. The van der Waals surface area contributed by atoms with Crippen LogP contribution in [-0.4, -0.2) is 18.8 Å². The largest absolute Gasteiger partial charge is 0.497 e. The van der Waals surface area contributed by atoms with Crippen molar-refractivity contribution in [2.45, 2.75) is 32.1 Å². The molecule has 2 nitrogen and oxygen atoms in total. The summed E-state index contributed by atoms with van der Waals surface area (Å²) in [6.07, 6.45) is 8.80. The first-order chi connectivity index (χ1) is 8.83. The fourth-order valence-corrected chi connectivity index (χ4v) is 2.63. The summed E-state index contributed by atoms with van der Waals surface area (Å²) in [7, 11) is 1.67. The van der Waals surface area contributed by atoms with Crippen LogP contribution < -0.4 is 4.74 Å². The second kappa shape index (κ2) is 6.60. The Kier molecular flexibility index (Phi) is 4.82. The molecular weight excluding hydrogens is 224 g/mol. The van der Waals surface area contributed by atoms with Crippen LogP contribution in [-0.2, 0) is 0 Å². The molecule has 2 heteroatoms. The van der Waals surface area contributed by atoms with Gasteiger partial charge in [0.2, 0.25) is 0 Å². The van der Waals surface area contributed by atoms with Crippen LogP contribution in [0, 0.1) is 5.92 Å². The minimum atomic E-state index is 0.114. The van der Waals surface area contributed by atoms with Crippen molar-refractivity contribution in [1.29, 1.82) is 0 Å². The number of benzene rings is 1. The number of methoxy groups -OCH3 is 1. The van der Waals surface area contributed by atoms with Gasteiger partial charge in [-0.3, -0.25) is 0 Å². The van der Waals surface area contributed by atoms with Crippen LogP contribution in [0.25, 0.3) is 5.57 Å². The molecule has 0 aromatic heterocycles. The van der Waals surface area contributed by atoms with Gasteiger partial charge in [-0.2, -0.15) is 0 Å². The van der Waals surface area contributed by atoms with Gasteiger partial charge in [0.05, 0.1) is 13.7 Å². The minimum absolute atomic E-state index is 0.114. The number of aliphatic hydroxyl groups is 1. The molecule has 0 atom stereocenters. The Morgan fingerprint density at radius 1 is 1.22 bits per heavy atom. The van der Waals surface area contributed by atoms with E-state index in [0.29, 0.717) is 5.92 Å². The van der Waals surface area contributed by atoms with Crippen molar-refractivity contribution < 1.29 is 9.84 Å². The molecular formula is C16H22O2. The van der Waals surface area contributed by atoms with Gasteiger partial charge in [0, 0.05) is 0 Å². The summed E-state index contributed by atoms with van der Waals surface area (Å²) in [6, 6.07) is 7.92. The van der Waals surface area contributed by atoms with Crippen molar-refractivity contribution >= 4 is 5.57 Å². The van der Waals surface area contributed by atoms with E-state index in [2.05, 4.69) is 6.08 Å². The quantitative estimate of drug-likeness (QED) is 0.878. The van der Waals surface area contributed by atoms with Crippen molar-refractivity contribution in [3.05, 3.63) is 35.9 Å². The maximum absolute atomic E-state index is 9.54. The van der Waals surface area contributed by atoms with Gasteiger partial charge in [-0.25, -0.2) is 0 Å². The molecule has 1 N–H and O–H groups in total. The highest BCUT2D eigenvalue weighted by Gasteiger charge is 2.12. The Balaban J connectivity index is 2.12. The topological polar surface area (TPSA) is 29.5 Å². The Morgan fingerprint density at radius 2 is 1.89 bits per heavy atom. The molecule has 18 heavy (non-hydrogen) atoms. The molecule has 1 aromatic carbocycles.